The zero-order valence-corrected chi connectivity index (χ0v) is 9.65. The van der Waals surface area contributed by atoms with Crippen molar-refractivity contribution in [2.24, 2.45) is 0 Å². The number of urea groups is 1. The molecule has 3 rings (SSSR count). The molecule has 2 unspecified atom stereocenters. The van der Waals surface area contributed by atoms with Crippen molar-refractivity contribution in [3.05, 3.63) is 0 Å². The number of fused-ring (bicyclic) bond motifs is 2. The van der Waals surface area contributed by atoms with E-state index in [0.717, 1.165) is 38.9 Å². The minimum atomic E-state index is 0.155. The Morgan fingerprint density at radius 3 is 2.31 bits per heavy atom. The summed E-state index contributed by atoms with van der Waals surface area (Å²) in [5.74, 6) is 0. The number of hydrogen-bond acceptors (Lipinski definition) is 2. The van der Waals surface area contributed by atoms with E-state index in [2.05, 4.69) is 5.32 Å². The molecule has 16 heavy (non-hydrogen) atoms. The molecule has 3 aliphatic rings. The third kappa shape index (κ3) is 1.79. The largest absolute Gasteiger partial charge is 0.377 e. The molecule has 2 atom stereocenters. The fraction of sp³-hybridized carbons (Fsp3) is 0.917. The summed E-state index contributed by atoms with van der Waals surface area (Å²) in [5, 5.41) is 3.18. The molecule has 0 aromatic rings. The summed E-state index contributed by atoms with van der Waals surface area (Å²) >= 11 is 0. The molecule has 0 spiro atoms. The van der Waals surface area contributed by atoms with Gasteiger partial charge in [0.2, 0.25) is 0 Å². The summed E-state index contributed by atoms with van der Waals surface area (Å²) in [6, 6.07) is 1.25. The van der Waals surface area contributed by atoms with E-state index in [0.29, 0.717) is 18.1 Å². The molecular weight excluding hydrogens is 204 g/mol. The van der Waals surface area contributed by atoms with Crippen LogP contribution in [0.3, 0.4) is 0 Å². The van der Waals surface area contributed by atoms with E-state index >= 15 is 0 Å². The van der Waals surface area contributed by atoms with Crippen molar-refractivity contribution < 1.29 is 9.53 Å². The number of ether oxygens (including phenoxy) is 1. The number of carbonyl (C=O) groups excluding carboxylic acids is 1. The van der Waals surface area contributed by atoms with Crippen molar-refractivity contribution in [1.82, 2.24) is 10.2 Å². The molecule has 2 aliphatic heterocycles. The Morgan fingerprint density at radius 1 is 1.06 bits per heavy atom. The van der Waals surface area contributed by atoms with Crippen LogP contribution < -0.4 is 5.32 Å². The van der Waals surface area contributed by atoms with E-state index < -0.39 is 0 Å². The third-order valence-electron chi connectivity index (χ3n) is 4.16. The number of hydrogen-bond donors (Lipinski definition) is 1. The van der Waals surface area contributed by atoms with Gasteiger partial charge in [0, 0.05) is 6.04 Å². The van der Waals surface area contributed by atoms with Crippen molar-refractivity contribution in [2.75, 3.05) is 13.2 Å². The Labute approximate surface area is 96.3 Å². The van der Waals surface area contributed by atoms with E-state index in [9.17, 15) is 4.79 Å². The van der Waals surface area contributed by atoms with Crippen LogP contribution in [-0.4, -0.2) is 42.3 Å². The number of rotatable bonds is 1. The first-order chi connectivity index (χ1) is 7.84. The summed E-state index contributed by atoms with van der Waals surface area (Å²) in [6.07, 6.45) is 7.07. The standard InChI is InChI=1S/C12H20N2O2/c15-12(13-9-3-1-2-4-9)14-10-5-6-11(14)8-16-7-10/h9-11H,1-8H2,(H,13,15). The summed E-state index contributed by atoms with van der Waals surface area (Å²) in [6.45, 7) is 1.46. The first-order valence-corrected chi connectivity index (χ1v) is 6.51. The van der Waals surface area contributed by atoms with Crippen LogP contribution in [0.4, 0.5) is 4.79 Å². The van der Waals surface area contributed by atoms with Gasteiger partial charge in [0.1, 0.15) is 0 Å². The van der Waals surface area contributed by atoms with Crippen LogP contribution in [0, 0.1) is 0 Å². The molecule has 2 heterocycles. The normalized spacial score (nSPS) is 34.4. The average Bonchev–Trinajstić information content (AvgIpc) is 2.86. The highest BCUT2D eigenvalue weighted by Crippen LogP contribution is 2.29. The molecule has 0 aromatic heterocycles. The molecular formula is C12H20N2O2. The fourth-order valence-corrected chi connectivity index (χ4v) is 3.28. The predicted octanol–water partition coefficient (Wildman–Crippen LogP) is 1.50. The number of amides is 2. The van der Waals surface area contributed by atoms with Gasteiger partial charge in [-0.2, -0.15) is 0 Å². The quantitative estimate of drug-likeness (QED) is 0.733. The molecule has 2 bridgehead atoms. The Hall–Kier alpha value is -0.770. The van der Waals surface area contributed by atoms with Gasteiger partial charge in [0.15, 0.2) is 0 Å². The minimum Gasteiger partial charge on any atom is -0.377 e. The Balaban J connectivity index is 1.61. The summed E-state index contributed by atoms with van der Waals surface area (Å²) in [4.78, 5) is 14.2. The van der Waals surface area contributed by atoms with Gasteiger partial charge in [-0.15, -0.1) is 0 Å². The SMILES string of the molecule is O=C(NC1CCCC1)N1C2CCC1COC2. The highest BCUT2D eigenvalue weighted by molar-refractivity contribution is 5.75. The molecule has 2 saturated heterocycles. The topological polar surface area (TPSA) is 41.6 Å². The molecule has 1 aliphatic carbocycles. The highest BCUT2D eigenvalue weighted by atomic mass is 16.5. The first-order valence-electron chi connectivity index (χ1n) is 6.51. The number of morpholine rings is 1. The zero-order chi connectivity index (χ0) is 11.0. The van der Waals surface area contributed by atoms with Gasteiger partial charge in [-0.05, 0) is 25.7 Å². The van der Waals surface area contributed by atoms with Gasteiger partial charge < -0.3 is 15.0 Å². The maximum absolute atomic E-state index is 12.2. The van der Waals surface area contributed by atoms with E-state index in [1.54, 1.807) is 0 Å². The number of nitrogens with one attached hydrogen (secondary N) is 1. The second-order valence-corrected chi connectivity index (χ2v) is 5.26. The molecule has 90 valence electrons. The van der Waals surface area contributed by atoms with Crippen LogP contribution >= 0.6 is 0 Å². The lowest BCUT2D eigenvalue weighted by Crippen LogP contribution is -2.54. The number of carbonyl (C=O) groups is 1. The molecule has 0 aromatic carbocycles. The predicted molar refractivity (Wildman–Crippen MR) is 60.3 cm³/mol. The average molecular weight is 224 g/mol. The van der Waals surface area contributed by atoms with Crippen molar-refractivity contribution in [1.29, 1.82) is 0 Å². The molecule has 4 heteroatoms. The third-order valence-corrected chi connectivity index (χ3v) is 4.16. The van der Waals surface area contributed by atoms with Crippen molar-refractivity contribution in [2.45, 2.75) is 56.7 Å². The van der Waals surface area contributed by atoms with Gasteiger partial charge in [-0.3, -0.25) is 0 Å². The second-order valence-electron chi connectivity index (χ2n) is 5.26. The van der Waals surface area contributed by atoms with Gasteiger partial charge in [-0.25, -0.2) is 4.79 Å². The van der Waals surface area contributed by atoms with Gasteiger partial charge in [0.05, 0.1) is 25.3 Å². The lowest BCUT2D eigenvalue weighted by molar-refractivity contribution is 0.00583. The maximum Gasteiger partial charge on any atom is 0.318 e. The highest BCUT2D eigenvalue weighted by Gasteiger charge is 2.40. The smallest absolute Gasteiger partial charge is 0.318 e. The van der Waals surface area contributed by atoms with Crippen molar-refractivity contribution >= 4 is 6.03 Å². The number of nitrogens with zero attached hydrogens (tertiary/aromatic N) is 1. The summed E-state index contributed by atoms with van der Waals surface area (Å²) < 4.78 is 5.49. The van der Waals surface area contributed by atoms with Crippen molar-refractivity contribution in [3.63, 3.8) is 0 Å². The molecule has 0 radical (unpaired) electrons. The van der Waals surface area contributed by atoms with Crippen LogP contribution in [0.1, 0.15) is 38.5 Å². The van der Waals surface area contributed by atoms with E-state index in [-0.39, 0.29) is 6.03 Å². The van der Waals surface area contributed by atoms with Gasteiger partial charge in [0.25, 0.3) is 0 Å². The van der Waals surface area contributed by atoms with E-state index in [1.807, 2.05) is 4.90 Å². The van der Waals surface area contributed by atoms with Crippen LogP contribution in [0.15, 0.2) is 0 Å². The molecule has 1 saturated carbocycles. The fourth-order valence-electron chi connectivity index (χ4n) is 3.28. The van der Waals surface area contributed by atoms with E-state index in [4.69, 9.17) is 4.74 Å². The zero-order valence-electron chi connectivity index (χ0n) is 9.65. The Bertz CT molecular complexity index is 260. The Morgan fingerprint density at radius 2 is 1.69 bits per heavy atom. The maximum atomic E-state index is 12.2. The summed E-state index contributed by atoms with van der Waals surface area (Å²) in [5.41, 5.74) is 0. The Kier molecular flexibility index (Phi) is 2.75. The summed E-state index contributed by atoms with van der Waals surface area (Å²) in [7, 11) is 0. The van der Waals surface area contributed by atoms with Gasteiger partial charge >= 0.3 is 6.03 Å². The van der Waals surface area contributed by atoms with Crippen LogP contribution in [0.25, 0.3) is 0 Å². The monoisotopic (exact) mass is 224 g/mol. The van der Waals surface area contributed by atoms with Crippen molar-refractivity contribution in [3.8, 4) is 0 Å². The molecule has 4 nitrogen and oxygen atoms in total. The van der Waals surface area contributed by atoms with E-state index in [1.165, 1.54) is 12.8 Å². The minimum absolute atomic E-state index is 0.155. The first kappa shape index (κ1) is 10.4. The molecule has 1 N–H and O–H groups in total. The molecule has 2 amide bonds. The molecule has 3 fully saturated rings. The van der Waals surface area contributed by atoms with Crippen LogP contribution in [-0.2, 0) is 4.74 Å². The van der Waals surface area contributed by atoms with Crippen LogP contribution in [0.5, 0.6) is 0 Å². The lowest BCUT2D eigenvalue weighted by atomic mass is 10.2. The van der Waals surface area contributed by atoms with Gasteiger partial charge in [-0.1, -0.05) is 12.8 Å². The second kappa shape index (κ2) is 4.24. The lowest BCUT2D eigenvalue weighted by Gasteiger charge is -2.35. The van der Waals surface area contributed by atoms with Crippen LogP contribution in [0.2, 0.25) is 0 Å².